The normalized spacial score (nSPS) is 19.9. The van der Waals surface area contributed by atoms with Gasteiger partial charge in [-0.25, -0.2) is 0 Å². The number of benzene rings is 2. The van der Waals surface area contributed by atoms with Crippen molar-refractivity contribution in [2.75, 3.05) is 6.54 Å². The van der Waals surface area contributed by atoms with Gasteiger partial charge < -0.3 is 10.2 Å². The summed E-state index contributed by atoms with van der Waals surface area (Å²) in [5.74, 6) is 0.113. The highest BCUT2D eigenvalue weighted by atomic mass is 35.5. The molecule has 1 saturated heterocycles. The van der Waals surface area contributed by atoms with E-state index in [-0.39, 0.29) is 11.9 Å². The molecular weight excluding hydrogens is 308 g/mol. The highest BCUT2D eigenvalue weighted by molar-refractivity contribution is 6.31. The summed E-state index contributed by atoms with van der Waals surface area (Å²) in [5.41, 5.74) is 4.38. The zero-order chi connectivity index (χ0) is 15.8. The summed E-state index contributed by atoms with van der Waals surface area (Å²) in [6.07, 6.45) is 2.00. The van der Waals surface area contributed by atoms with Crippen molar-refractivity contribution in [3.05, 3.63) is 69.7 Å². The van der Waals surface area contributed by atoms with Gasteiger partial charge in [0.1, 0.15) is 0 Å². The maximum absolute atomic E-state index is 13.0. The number of hydrogen-bond acceptors (Lipinski definition) is 2. The monoisotopic (exact) mass is 326 g/mol. The van der Waals surface area contributed by atoms with E-state index in [1.165, 1.54) is 11.1 Å². The lowest BCUT2D eigenvalue weighted by molar-refractivity contribution is 0.0735. The third kappa shape index (κ3) is 2.64. The minimum atomic E-state index is 0.0857. The molecular formula is C19H19ClN2O. The number of carbonyl (C=O) groups is 1. The number of rotatable bonds is 2. The minimum Gasteiger partial charge on any atom is -0.332 e. The fraction of sp³-hybridized carbons (Fsp3) is 0.316. The van der Waals surface area contributed by atoms with Gasteiger partial charge in [0.15, 0.2) is 0 Å². The molecule has 4 rings (SSSR count). The van der Waals surface area contributed by atoms with Crippen LogP contribution < -0.4 is 5.32 Å². The number of likely N-dealkylation sites (tertiary alicyclic amines) is 1. The van der Waals surface area contributed by atoms with Crippen molar-refractivity contribution in [3.63, 3.8) is 0 Å². The average Bonchev–Trinajstić information content (AvgIpc) is 3.23. The molecule has 0 spiro atoms. The van der Waals surface area contributed by atoms with E-state index < -0.39 is 0 Å². The maximum atomic E-state index is 13.0. The van der Waals surface area contributed by atoms with Crippen molar-refractivity contribution in [2.45, 2.75) is 32.0 Å². The van der Waals surface area contributed by atoms with E-state index in [0.29, 0.717) is 0 Å². The van der Waals surface area contributed by atoms with Crippen LogP contribution in [0.2, 0.25) is 5.02 Å². The summed E-state index contributed by atoms with van der Waals surface area (Å²) in [6, 6.07) is 14.0. The van der Waals surface area contributed by atoms with E-state index in [0.717, 1.165) is 48.6 Å². The van der Waals surface area contributed by atoms with E-state index in [2.05, 4.69) is 11.4 Å². The van der Waals surface area contributed by atoms with Crippen LogP contribution in [0, 0.1) is 0 Å². The molecule has 2 aliphatic rings. The first-order valence-electron chi connectivity index (χ1n) is 8.12. The van der Waals surface area contributed by atoms with Gasteiger partial charge >= 0.3 is 0 Å². The molecule has 1 unspecified atom stereocenters. The molecule has 0 saturated carbocycles. The maximum Gasteiger partial charge on any atom is 0.254 e. The van der Waals surface area contributed by atoms with E-state index in [1.807, 2.05) is 41.3 Å². The lowest BCUT2D eigenvalue weighted by atomic mass is 10.0. The second-order valence-electron chi connectivity index (χ2n) is 6.27. The van der Waals surface area contributed by atoms with Crippen LogP contribution >= 0.6 is 11.6 Å². The molecule has 2 aromatic rings. The van der Waals surface area contributed by atoms with Gasteiger partial charge in [0.05, 0.1) is 6.04 Å². The number of hydrogen-bond donors (Lipinski definition) is 1. The average molecular weight is 327 g/mol. The SMILES string of the molecule is O=C(c1ccc2c(c1)CNC2)N1CCCC1c1ccccc1Cl. The Morgan fingerprint density at radius 1 is 1.13 bits per heavy atom. The van der Waals surface area contributed by atoms with Gasteiger partial charge in [0.2, 0.25) is 0 Å². The summed E-state index contributed by atoms with van der Waals surface area (Å²) in [5, 5.41) is 4.07. The molecule has 0 radical (unpaired) electrons. The van der Waals surface area contributed by atoms with Gasteiger partial charge in [-0.2, -0.15) is 0 Å². The molecule has 0 bridgehead atoms. The standard InChI is InChI=1S/C19H19ClN2O/c20-17-5-2-1-4-16(17)18-6-3-9-22(18)19(23)13-7-8-14-11-21-12-15(14)10-13/h1-2,4-5,7-8,10,18,21H,3,6,9,11-12H2. The van der Waals surface area contributed by atoms with Gasteiger partial charge in [-0.3, -0.25) is 4.79 Å². The molecule has 1 atom stereocenters. The van der Waals surface area contributed by atoms with Gasteiger partial charge in [0, 0.05) is 30.2 Å². The first-order valence-corrected chi connectivity index (χ1v) is 8.50. The molecule has 1 amide bonds. The number of amides is 1. The fourth-order valence-corrected chi connectivity index (χ4v) is 3.93. The molecule has 0 aliphatic carbocycles. The summed E-state index contributed by atoms with van der Waals surface area (Å²) >= 11 is 6.35. The Morgan fingerprint density at radius 2 is 1.96 bits per heavy atom. The number of fused-ring (bicyclic) bond motifs is 1. The van der Waals surface area contributed by atoms with Gasteiger partial charge in [-0.05, 0) is 47.7 Å². The van der Waals surface area contributed by atoms with Crippen LogP contribution in [-0.2, 0) is 13.1 Å². The predicted octanol–water partition coefficient (Wildman–Crippen LogP) is 3.92. The Morgan fingerprint density at radius 3 is 2.83 bits per heavy atom. The number of halogens is 1. The van der Waals surface area contributed by atoms with Gasteiger partial charge in [0.25, 0.3) is 5.91 Å². The quantitative estimate of drug-likeness (QED) is 0.907. The molecule has 1 N–H and O–H groups in total. The van der Waals surface area contributed by atoms with Crippen molar-refractivity contribution in [1.82, 2.24) is 10.2 Å². The first kappa shape index (κ1) is 14.7. The first-order chi connectivity index (χ1) is 11.2. The van der Waals surface area contributed by atoms with Crippen molar-refractivity contribution in [3.8, 4) is 0 Å². The lowest BCUT2D eigenvalue weighted by Crippen LogP contribution is -2.30. The van der Waals surface area contributed by atoms with Crippen molar-refractivity contribution >= 4 is 17.5 Å². The highest BCUT2D eigenvalue weighted by Gasteiger charge is 2.32. The Labute approximate surface area is 141 Å². The van der Waals surface area contributed by atoms with E-state index in [9.17, 15) is 4.79 Å². The summed E-state index contributed by atoms with van der Waals surface area (Å²) in [7, 11) is 0. The van der Waals surface area contributed by atoms with Crippen LogP contribution in [0.25, 0.3) is 0 Å². The largest absolute Gasteiger partial charge is 0.332 e. The van der Waals surface area contributed by atoms with Crippen LogP contribution in [0.15, 0.2) is 42.5 Å². The molecule has 4 heteroatoms. The molecule has 118 valence electrons. The number of carbonyl (C=O) groups excluding carboxylic acids is 1. The van der Waals surface area contributed by atoms with Crippen molar-refractivity contribution < 1.29 is 4.79 Å². The predicted molar refractivity (Wildman–Crippen MR) is 91.4 cm³/mol. The Bertz CT molecular complexity index is 759. The number of nitrogens with zero attached hydrogens (tertiary/aromatic N) is 1. The van der Waals surface area contributed by atoms with E-state index in [4.69, 9.17) is 11.6 Å². The zero-order valence-electron chi connectivity index (χ0n) is 12.9. The highest BCUT2D eigenvalue weighted by Crippen LogP contribution is 2.36. The van der Waals surface area contributed by atoms with Crippen LogP contribution in [0.3, 0.4) is 0 Å². The molecule has 1 fully saturated rings. The van der Waals surface area contributed by atoms with E-state index in [1.54, 1.807) is 0 Å². The van der Waals surface area contributed by atoms with Crippen molar-refractivity contribution in [2.24, 2.45) is 0 Å². The minimum absolute atomic E-state index is 0.0857. The second kappa shape index (κ2) is 5.99. The zero-order valence-corrected chi connectivity index (χ0v) is 13.6. The summed E-state index contributed by atoms with van der Waals surface area (Å²) in [4.78, 5) is 15.0. The third-order valence-electron chi connectivity index (χ3n) is 4.86. The lowest BCUT2D eigenvalue weighted by Gasteiger charge is -2.26. The fourth-order valence-electron chi connectivity index (χ4n) is 3.67. The van der Waals surface area contributed by atoms with Crippen LogP contribution in [0.5, 0.6) is 0 Å². The Balaban J connectivity index is 1.64. The van der Waals surface area contributed by atoms with Crippen molar-refractivity contribution in [1.29, 1.82) is 0 Å². The molecule has 23 heavy (non-hydrogen) atoms. The molecule has 2 heterocycles. The topological polar surface area (TPSA) is 32.3 Å². The van der Waals surface area contributed by atoms with Gasteiger partial charge in [-0.15, -0.1) is 0 Å². The van der Waals surface area contributed by atoms with Gasteiger partial charge in [-0.1, -0.05) is 35.9 Å². The second-order valence-corrected chi connectivity index (χ2v) is 6.67. The summed E-state index contributed by atoms with van der Waals surface area (Å²) < 4.78 is 0. The molecule has 0 aromatic heterocycles. The molecule has 3 nitrogen and oxygen atoms in total. The van der Waals surface area contributed by atoms with Crippen LogP contribution in [-0.4, -0.2) is 17.4 Å². The van der Waals surface area contributed by atoms with Crippen LogP contribution in [0.1, 0.15) is 45.9 Å². The number of nitrogens with one attached hydrogen (secondary N) is 1. The van der Waals surface area contributed by atoms with Crippen LogP contribution in [0.4, 0.5) is 0 Å². The van der Waals surface area contributed by atoms with E-state index >= 15 is 0 Å². The Kier molecular flexibility index (Phi) is 3.83. The molecule has 2 aromatic carbocycles. The Hall–Kier alpha value is -1.84. The molecule has 2 aliphatic heterocycles. The third-order valence-corrected chi connectivity index (χ3v) is 5.21. The smallest absolute Gasteiger partial charge is 0.254 e. The summed E-state index contributed by atoms with van der Waals surface area (Å²) in [6.45, 7) is 2.55.